The molecule has 0 aliphatic carbocycles. The van der Waals surface area contributed by atoms with Crippen LogP contribution >= 0.6 is 11.7 Å². The van der Waals surface area contributed by atoms with Crippen LogP contribution in [0.5, 0.6) is 0 Å². The third-order valence-electron chi connectivity index (χ3n) is 2.69. The molecule has 19 heavy (non-hydrogen) atoms. The number of benzene rings is 1. The SMILES string of the molecule is CCN(CCC#N)S(=O)(=O)c1cccc2nsnc12. The lowest BCUT2D eigenvalue weighted by Crippen LogP contribution is -2.31. The summed E-state index contributed by atoms with van der Waals surface area (Å²) in [4.78, 5) is 0.151. The molecule has 0 saturated carbocycles. The first-order chi connectivity index (χ1) is 9.11. The summed E-state index contributed by atoms with van der Waals surface area (Å²) in [6.07, 6.45) is 0.165. The third kappa shape index (κ3) is 2.58. The number of sulfonamides is 1. The first-order valence-electron chi connectivity index (χ1n) is 5.69. The van der Waals surface area contributed by atoms with Crippen molar-refractivity contribution in [1.29, 1.82) is 5.26 Å². The van der Waals surface area contributed by atoms with Crippen molar-refractivity contribution in [1.82, 2.24) is 13.1 Å². The zero-order valence-corrected chi connectivity index (χ0v) is 11.9. The van der Waals surface area contributed by atoms with Gasteiger partial charge >= 0.3 is 0 Å². The summed E-state index contributed by atoms with van der Waals surface area (Å²) in [5, 5.41) is 8.59. The molecule has 0 aliphatic heterocycles. The Morgan fingerprint density at radius 1 is 1.42 bits per heavy atom. The van der Waals surface area contributed by atoms with Gasteiger partial charge in [-0.05, 0) is 12.1 Å². The fourth-order valence-electron chi connectivity index (χ4n) is 1.75. The van der Waals surface area contributed by atoms with Crippen LogP contribution in [-0.4, -0.2) is 34.6 Å². The third-order valence-corrected chi connectivity index (χ3v) is 5.24. The summed E-state index contributed by atoms with van der Waals surface area (Å²) >= 11 is 0.985. The zero-order chi connectivity index (χ0) is 13.9. The summed E-state index contributed by atoms with van der Waals surface area (Å²) < 4.78 is 34.4. The Morgan fingerprint density at radius 3 is 2.89 bits per heavy atom. The second-order valence-corrected chi connectivity index (χ2v) is 6.23. The molecule has 0 N–H and O–H groups in total. The molecule has 0 aliphatic rings. The van der Waals surface area contributed by atoms with E-state index < -0.39 is 10.0 Å². The van der Waals surface area contributed by atoms with Crippen molar-refractivity contribution in [2.24, 2.45) is 0 Å². The van der Waals surface area contributed by atoms with Crippen LogP contribution in [0, 0.1) is 11.3 Å². The Hall–Kier alpha value is -1.56. The van der Waals surface area contributed by atoms with Gasteiger partial charge in [-0.2, -0.15) is 18.3 Å². The van der Waals surface area contributed by atoms with Gasteiger partial charge in [0.15, 0.2) is 0 Å². The first-order valence-corrected chi connectivity index (χ1v) is 7.86. The lowest BCUT2D eigenvalue weighted by Gasteiger charge is -2.19. The van der Waals surface area contributed by atoms with Gasteiger partial charge in [-0.15, -0.1) is 0 Å². The van der Waals surface area contributed by atoms with Gasteiger partial charge in [0, 0.05) is 19.5 Å². The molecule has 0 unspecified atom stereocenters. The van der Waals surface area contributed by atoms with Crippen LogP contribution in [0.15, 0.2) is 23.1 Å². The molecule has 8 heteroatoms. The predicted octanol–water partition coefficient (Wildman–Crippen LogP) is 1.62. The van der Waals surface area contributed by atoms with E-state index in [0.717, 1.165) is 11.7 Å². The monoisotopic (exact) mass is 296 g/mol. The highest BCUT2D eigenvalue weighted by atomic mass is 32.2. The van der Waals surface area contributed by atoms with Gasteiger partial charge in [0.25, 0.3) is 0 Å². The minimum absolute atomic E-state index is 0.151. The van der Waals surface area contributed by atoms with Crippen LogP contribution in [0.1, 0.15) is 13.3 Å². The van der Waals surface area contributed by atoms with Gasteiger partial charge in [-0.3, -0.25) is 0 Å². The minimum atomic E-state index is -3.63. The van der Waals surface area contributed by atoms with Crippen LogP contribution in [0.3, 0.4) is 0 Å². The minimum Gasteiger partial charge on any atom is -0.207 e. The van der Waals surface area contributed by atoms with E-state index in [4.69, 9.17) is 5.26 Å². The summed E-state index contributed by atoms with van der Waals surface area (Å²) in [6.45, 7) is 2.25. The Morgan fingerprint density at radius 2 is 2.21 bits per heavy atom. The van der Waals surface area contributed by atoms with E-state index >= 15 is 0 Å². The molecule has 0 fully saturated rings. The Bertz CT molecular complexity index is 718. The summed E-state index contributed by atoms with van der Waals surface area (Å²) in [5.74, 6) is 0. The summed E-state index contributed by atoms with van der Waals surface area (Å²) in [7, 11) is -3.63. The van der Waals surface area contributed by atoms with Crippen LogP contribution in [0.2, 0.25) is 0 Å². The highest BCUT2D eigenvalue weighted by Gasteiger charge is 2.25. The quantitative estimate of drug-likeness (QED) is 0.836. The molecule has 2 aromatic rings. The van der Waals surface area contributed by atoms with Crippen molar-refractivity contribution in [2.45, 2.75) is 18.2 Å². The van der Waals surface area contributed by atoms with Crippen molar-refractivity contribution in [2.75, 3.05) is 13.1 Å². The van der Waals surface area contributed by atoms with E-state index in [1.165, 1.54) is 10.4 Å². The lowest BCUT2D eigenvalue weighted by molar-refractivity contribution is 0.435. The summed E-state index contributed by atoms with van der Waals surface area (Å²) in [6, 6.07) is 6.85. The maximum Gasteiger partial charge on any atom is 0.245 e. The highest BCUT2D eigenvalue weighted by Crippen LogP contribution is 2.24. The maximum absolute atomic E-state index is 12.5. The average Bonchev–Trinajstić information content (AvgIpc) is 2.87. The predicted molar refractivity (Wildman–Crippen MR) is 72.1 cm³/mol. The van der Waals surface area contributed by atoms with E-state index in [2.05, 4.69) is 8.75 Å². The summed E-state index contributed by atoms with van der Waals surface area (Å²) in [5.41, 5.74) is 0.963. The van der Waals surface area contributed by atoms with Crippen molar-refractivity contribution in [3.63, 3.8) is 0 Å². The maximum atomic E-state index is 12.5. The molecular formula is C11H12N4O2S2. The van der Waals surface area contributed by atoms with Crippen LogP contribution in [0.25, 0.3) is 11.0 Å². The van der Waals surface area contributed by atoms with Gasteiger partial charge in [0.05, 0.1) is 17.8 Å². The van der Waals surface area contributed by atoms with E-state index in [9.17, 15) is 8.42 Å². The van der Waals surface area contributed by atoms with Crippen LogP contribution < -0.4 is 0 Å². The van der Waals surface area contributed by atoms with E-state index in [-0.39, 0.29) is 17.9 Å². The average molecular weight is 296 g/mol. The van der Waals surface area contributed by atoms with E-state index in [1.54, 1.807) is 19.1 Å². The van der Waals surface area contributed by atoms with Gasteiger partial charge < -0.3 is 0 Å². The highest BCUT2D eigenvalue weighted by molar-refractivity contribution is 7.89. The van der Waals surface area contributed by atoms with Crippen molar-refractivity contribution in [3.05, 3.63) is 18.2 Å². The van der Waals surface area contributed by atoms with Gasteiger partial charge in [0.1, 0.15) is 15.9 Å². The van der Waals surface area contributed by atoms with Gasteiger partial charge in [-0.1, -0.05) is 13.0 Å². The number of rotatable bonds is 5. The van der Waals surface area contributed by atoms with Crippen molar-refractivity contribution in [3.8, 4) is 6.07 Å². The molecule has 0 bridgehead atoms. The molecular weight excluding hydrogens is 284 g/mol. The molecule has 6 nitrogen and oxygen atoms in total. The van der Waals surface area contributed by atoms with Gasteiger partial charge in [-0.25, -0.2) is 8.42 Å². The number of hydrogen-bond acceptors (Lipinski definition) is 6. The molecule has 1 aromatic carbocycles. The number of aromatic nitrogens is 2. The fraction of sp³-hybridized carbons (Fsp3) is 0.364. The van der Waals surface area contributed by atoms with Crippen LogP contribution in [0.4, 0.5) is 0 Å². The lowest BCUT2D eigenvalue weighted by atomic mass is 10.3. The Labute approximate surface area is 115 Å². The Balaban J connectivity index is 2.49. The first kappa shape index (κ1) is 13.9. The van der Waals surface area contributed by atoms with Gasteiger partial charge in [0.2, 0.25) is 10.0 Å². The molecule has 0 spiro atoms. The molecule has 2 rings (SSSR count). The van der Waals surface area contributed by atoms with Crippen molar-refractivity contribution >= 4 is 32.8 Å². The number of nitrogens with zero attached hydrogens (tertiary/aromatic N) is 4. The molecule has 1 aromatic heterocycles. The fourth-order valence-corrected chi connectivity index (χ4v) is 3.95. The zero-order valence-electron chi connectivity index (χ0n) is 10.3. The van der Waals surface area contributed by atoms with E-state index in [1.807, 2.05) is 6.07 Å². The molecule has 100 valence electrons. The molecule has 0 radical (unpaired) electrons. The molecule has 1 heterocycles. The molecule has 0 amide bonds. The largest absolute Gasteiger partial charge is 0.245 e. The molecule has 0 atom stereocenters. The van der Waals surface area contributed by atoms with Crippen LogP contribution in [-0.2, 0) is 10.0 Å². The number of fused-ring (bicyclic) bond motifs is 1. The smallest absolute Gasteiger partial charge is 0.207 e. The number of nitriles is 1. The molecule has 0 saturated heterocycles. The number of hydrogen-bond donors (Lipinski definition) is 0. The van der Waals surface area contributed by atoms with E-state index in [0.29, 0.717) is 17.6 Å². The standard InChI is InChI=1S/C11H12N4O2S2/c1-2-15(8-4-7-12)19(16,17)10-6-3-5-9-11(10)14-18-13-9/h3,5-6H,2,4,8H2,1H3. The second kappa shape index (κ2) is 5.61. The topological polar surface area (TPSA) is 87.0 Å². The second-order valence-electron chi connectivity index (χ2n) is 3.79. The Kier molecular flexibility index (Phi) is 4.09. The van der Waals surface area contributed by atoms with Crippen molar-refractivity contribution < 1.29 is 8.42 Å². The normalized spacial score (nSPS) is 11.8.